The molecule has 0 aliphatic carbocycles. The number of fused-ring (bicyclic) bond motifs is 1. The summed E-state index contributed by atoms with van der Waals surface area (Å²) >= 11 is 6.28. The lowest BCUT2D eigenvalue weighted by atomic mass is 10.1. The van der Waals surface area contributed by atoms with Gasteiger partial charge in [0.1, 0.15) is 5.75 Å². The molecule has 0 amide bonds. The molecule has 0 aromatic heterocycles. The summed E-state index contributed by atoms with van der Waals surface area (Å²) in [6.07, 6.45) is 4.45. The Morgan fingerprint density at radius 2 is 1.78 bits per heavy atom. The van der Waals surface area contributed by atoms with Crippen molar-refractivity contribution in [3.63, 3.8) is 0 Å². The summed E-state index contributed by atoms with van der Waals surface area (Å²) in [7, 11) is 0. The van der Waals surface area contributed by atoms with Crippen LogP contribution in [0.1, 0.15) is 16.7 Å². The van der Waals surface area contributed by atoms with Gasteiger partial charge in [0, 0.05) is 55.4 Å². The van der Waals surface area contributed by atoms with E-state index >= 15 is 0 Å². The molecule has 27 heavy (non-hydrogen) atoms. The fraction of sp³-hybridized carbons (Fsp3) is 0.364. The van der Waals surface area contributed by atoms with E-state index in [4.69, 9.17) is 21.1 Å². The quantitative estimate of drug-likeness (QED) is 0.776. The fourth-order valence-corrected chi connectivity index (χ4v) is 3.91. The summed E-state index contributed by atoms with van der Waals surface area (Å²) in [6, 6.07) is 14.4. The van der Waals surface area contributed by atoms with Gasteiger partial charge in [0.25, 0.3) is 0 Å². The van der Waals surface area contributed by atoms with Crippen LogP contribution in [-0.4, -0.2) is 49.3 Å². The number of nitrogens with zero attached hydrogens (tertiary/aromatic N) is 2. The lowest BCUT2D eigenvalue weighted by Gasteiger charge is -2.34. The van der Waals surface area contributed by atoms with Crippen LogP contribution in [0.5, 0.6) is 5.75 Å². The van der Waals surface area contributed by atoms with E-state index in [1.165, 1.54) is 11.1 Å². The zero-order valence-electron chi connectivity index (χ0n) is 15.4. The third-order valence-electron chi connectivity index (χ3n) is 5.08. The molecule has 0 radical (unpaired) electrons. The molecule has 0 spiro atoms. The predicted octanol–water partition coefficient (Wildman–Crippen LogP) is 4.04. The molecular weight excluding hydrogens is 360 g/mol. The largest absolute Gasteiger partial charge is 0.467 e. The van der Waals surface area contributed by atoms with E-state index in [0.29, 0.717) is 13.4 Å². The van der Waals surface area contributed by atoms with Crippen LogP contribution in [0.2, 0.25) is 5.02 Å². The molecule has 4 rings (SSSR count). The van der Waals surface area contributed by atoms with Crippen LogP contribution >= 0.6 is 11.6 Å². The highest BCUT2D eigenvalue weighted by Gasteiger charge is 2.21. The first-order valence-corrected chi connectivity index (χ1v) is 9.84. The van der Waals surface area contributed by atoms with Crippen LogP contribution in [0.4, 0.5) is 0 Å². The number of halogens is 1. The van der Waals surface area contributed by atoms with Gasteiger partial charge >= 0.3 is 0 Å². The third kappa shape index (κ3) is 4.90. The molecule has 2 aromatic rings. The summed E-state index contributed by atoms with van der Waals surface area (Å²) in [5.41, 5.74) is 3.47. The fourth-order valence-electron chi connectivity index (χ4n) is 3.65. The van der Waals surface area contributed by atoms with Crippen LogP contribution < -0.4 is 4.74 Å². The summed E-state index contributed by atoms with van der Waals surface area (Å²) in [5, 5.41) is 0.752. The Kier molecular flexibility index (Phi) is 6.10. The minimum absolute atomic E-state index is 0.323. The van der Waals surface area contributed by atoms with Crippen LogP contribution in [0.25, 0.3) is 6.08 Å². The second kappa shape index (κ2) is 8.89. The highest BCUT2D eigenvalue weighted by molar-refractivity contribution is 6.30. The second-order valence-electron chi connectivity index (χ2n) is 7.05. The minimum Gasteiger partial charge on any atom is -0.467 e. The first-order chi connectivity index (χ1) is 13.3. The van der Waals surface area contributed by atoms with Crippen molar-refractivity contribution in [2.45, 2.75) is 13.2 Å². The molecule has 0 saturated carbocycles. The average molecular weight is 385 g/mol. The van der Waals surface area contributed by atoms with Gasteiger partial charge in [-0.25, -0.2) is 0 Å². The zero-order chi connectivity index (χ0) is 18.5. The Hall–Kier alpha value is -1.85. The van der Waals surface area contributed by atoms with Crippen molar-refractivity contribution in [3.8, 4) is 5.75 Å². The minimum atomic E-state index is 0.323. The highest BCUT2D eigenvalue weighted by Crippen LogP contribution is 2.32. The normalized spacial score (nSPS) is 18.4. The van der Waals surface area contributed by atoms with E-state index in [1.807, 2.05) is 18.2 Å². The smallest absolute Gasteiger partial charge is 0.189 e. The molecule has 0 atom stereocenters. The molecule has 2 heterocycles. The first kappa shape index (κ1) is 18.5. The van der Waals surface area contributed by atoms with Crippen LogP contribution in [0.15, 0.2) is 48.5 Å². The van der Waals surface area contributed by atoms with Crippen molar-refractivity contribution < 1.29 is 9.47 Å². The number of hydrogen-bond donors (Lipinski definition) is 0. The lowest BCUT2D eigenvalue weighted by molar-refractivity contribution is -0.0176. The van der Waals surface area contributed by atoms with E-state index in [9.17, 15) is 0 Å². The maximum Gasteiger partial charge on any atom is 0.189 e. The highest BCUT2D eigenvalue weighted by atomic mass is 35.5. The van der Waals surface area contributed by atoms with Crippen molar-refractivity contribution in [3.05, 3.63) is 70.3 Å². The molecule has 1 saturated heterocycles. The first-order valence-electron chi connectivity index (χ1n) is 9.46. The number of piperazine rings is 1. The average Bonchev–Trinajstić information content (AvgIpc) is 2.70. The Bertz CT molecular complexity index is 786. The SMILES string of the molecule is Clc1cc2c(c(CN3CCN(C/C=C/c4ccccc4)CC3)c1)OCOC2. The lowest BCUT2D eigenvalue weighted by Crippen LogP contribution is -2.45. The van der Waals surface area contributed by atoms with Crippen LogP contribution in [0, 0.1) is 0 Å². The van der Waals surface area contributed by atoms with Crippen molar-refractivity contribution in [1.82, 2.24) is 9.80 Å². The molecule has 2 aliphatic heterocycles. The van der Waals surface area contributed by atoms with Gasteiger partial charge in [-0.1, -0.05) is 54.1 Å². The molecule has 2 aliphatic rings. The van der Waals surface area contributed by atoms with Gasteiger partial charge in [0.2, 0.25) is 0 Å². The number of rotatable bonds is 5. The molecule has 142 valence electrons. The van der Waals surface area contributed by atoms with Crippen LogP contribution in [0.3, 0.4) is 0 Å². The standard InChI is InChI=1S/C22H25ClN2O2/c23-21-13-19(22-20(14-21)16-26-17-27-22)15-25-11-9-24(10-12-25)8-4-7-18-5-2-1-3-6-18/h1-7,13-14H,8-12,15-17H2/b7-4+. The Morgan fingerprint density at radius 3 is 2.59 bits per heavy atom. The van der Waals surface area contributed by atoms with Crippen LogP contribution in [-0.2, 0) is 17.9 Å². The van der Waals surface area contributed by atoms with E-state index in [-0.39, 0.29) is 0 Å². The summed E-state index contributed by atoms with van der Waals surface area (Å²) in [4.78, 5) is 4.97. The molecule has 0 bridgehead atoms. The van der Waals surface area contributed by atoms with Crippen molar-refractivity contribution in [2.75, 3.05) is 39.5 Å². The van der Waals surface area contributed by atoms with E-state index in [2.05, 4.69) is 46.2 Å². The van der Waals surface area contributed by atoms with Crippen molar-refractivity contribution in [2.24, 2.45) is 0 Å². The van der Waals surface area contributed by atoms with Gasteiger partial charge in [-0.15, -0.1) is 0 Å². The van der Waals surface area contributed by atoms with E-state index in [1.54, 1.807) is 0 Å². The topological polar surface area (TPSA) is 24.9 Å². The Balaban J connectivity index is 1.30. The molecule has 5 heteroatoms. The summed E-state index contributed by atoms with van der Waals surface area (Å²) in [6.45, 7) is 7.02. The maximum absolute atomic E-state index is 6.28. The Morgan fingerprint density at radius 1 is 1.00 bits per heavy atom. The van der Waals surface area contributed by atoms with Crippen molar-refractivity contribution >= 4 is 17.7 Å². The summed E-state index contributed by atoms with van der Waals surface area (Å²) in [5.74, 6) is 0.957. The predicted molar refractivity (Wildman–Crippen MR) is 109 cm³/mol. The molecule has 2 aromatic carbocycles. The van der Waals surface area contributed by atoms with Gasteiger partial charge in [0.15, 0.2) is 6.79 Å². The summed E-state index contributed by atoms with van der Waals surface area (Å²) < 4.78 is 11.1. The maximum atomic E-state index is 6.28. The molecule has 0 N–H and O–H groups in total. The Labute approximate surface area is 165 Å². The van der Waals surface area contributed by atoms with E-state index in [0.717, 1.165) is 55.6 Å². The number of ether oxygens (including phenoxy) is 2. The molecule has 4 nitrogen and oxygen atoms in total. The van der Waals surface area contributed by atoms with Gasteiger partial charge in [-0.2, -0.15) is 0 Å². The van der Waals surface area contributed by atoms with E-state index < -0.39 is 0 Å². The van der Waals surface area contributed by atoms with Gasteiger partial charge in [-0.3, -0.25) is 9.80 Å². The number of hydrogen-bond acceptors (Lipinski definition) is 4. The molecule has 1 fully saturated rings. The third-order valence-corrected chi connectivity index (χ3v) is 5.30. The zero-order valence-corrected chi connectivity index (χ0v) is 16.2. The number of benzene rings is 2. The molecular formula is C22H25ClN2O2. The van der Waals surface area contributed by atoms with Gasteiger partial charge < -0.3 is 9.47 Å². The van der Waals surface area contributed by atoms with Gasteiger partial charge in [-0.05, 0) is 17.7 Å². The van der Waals surface area contributed by atoms with Gasteiger partial charge in [0.05, 0.1) is 6.61 Å². The molecule has 0 unspecified atom stereocenters. The monoisotopic (exact) mass is 384 g/mol. The van der Waals surface area contributed by atoms with Crippen molar-refractivity contribution in [1.29, 1.82) is 0 Å². The second-order valence-corrected chi connectivity index (χ2v) is 7.49.